The van der Waals surface area contributed by atoms with E-state index in [2.05, 4.69) is 11.7 Å². The minimum absolute atomic E-state index is 0.211. The fraction of sp³-hybridized carbons (Fsp3) is 0.727. The van der Waals surface area contributed by atoms with E-state index < -0.39 is 39.1 Å². The van der Waals surface area contributed by atoms with E-state index in [0.717, 1.165) is 25.0 Å². The highest BCUT2D eigenvalue weighted by molar-refractivity contribution is 6.58. The van der Waals surface area contributed by atoms with Gasteiger partial charge in [-0.15, -0.1) is 0 Å². The molecule has 1 fully saturated rings. The van der Waals surface area contributed by atoms with Crippen molar-refractivity contribution in [3.05, 3.63) is 24.0 Å². The highest BCUT2D eigenvalue weighted by Gasteiger charge is 2.58. The average molecular weight is 471 g/mol. The van der Waals surface area contributed by atoms with Gasteiger partial charge in [-0.25, -0.2) is 4.39 Å². The van der Waals surface area contributed by atoms with Gasteiger partial charge in [-0.1, -0.05) is 57.2 Å². The Hall–Kier alpha value is -1.38. The molecule has 0 atom stereocenters. The molecule has 0 aromatic heterocycles. The summed E-state index contributed by atoms with van der Waals surface area (Å²) in [5.41, 5.74) is 0. The van der Waals surface area contributed by atoms with Crippen molar-refractivity contribution in [1.29, 1.82) is 0 Å². The molecular formula is C22H32F6O2Si. The minimum Gasteiger partial charge on any atom is -0.493 e. The van der Waals surface area contributed by atoms with Crippen molar-refractivity contribution in [1.82, 2.24) is 0 Å². The van der Waals surface area contributed by atoms with Crippen LogP contribution in [-0.4, -0.2) is 34.1 Å². The van der Waals surface area contributed by atoms with Gasteiger partial charge in [-0.3, -0.25) is 0 Å². The smallest absolute Gasteiger partial charge is 0.456 e. The third-order valence-electron chi connectivity index (χ3n) is 5.89. The Balaban J connectivity index is 1.71. The largest absolute Gasteiger partial charge is 0.493 e. The van der Waals surface area contributed by atoms with Crippen molar-refractivity contribution in [3.63, 3.8) is 0 Å². The monoisotopic (exact) mass is 470 g/mol. The van der Waals surface area contributed by atoms with Crippen molar-refractivity contribution in [2.45, 2.75) is 82.1 Å². The molecule has 0 N–H and O–H groups in total. The number of alkyl halides is 5. The molecule has 1 aliphatic heterocycles. The van der Waals surface area contributed by atoms with Crippen LogP contribution in [0.3, 0.4) is 0 Å². The second-order valence-electron chi connectivity index (χ2n) is 8.48. The molecule has 1 aliphatic rings. The van der Waals surface area contributed by atoms with Crippen LogP contribution < -0.4 is 9.47 Å². The summed E-state index contributed by atoms with van der Waals surface area (Å²) in [5, 5.41) is 0. The Morgan fingerprint density at radius 3 is 2.26 bits per heavy atom. The van der Waals surface area contributed by atoms with Crippen LogP contribution in [0.4, 0.5) is 26.3 Å². The van der Waals surface area contributed by atoms with Crippen molar-refractivity contribution in [2.24, 2.45) is 5.92 Å². The number of hydrogen-bond acceptors (Lipinski definition) is 2. The van der Waals surface area contributed by atoms with E-state index in [1.807, 2.05) is 0 Å². The summed E-state index contributed by atoms with van der Waals surface area (Å²) in [5.74, 6) is -6.13. The highest BCUT2D eigenvalue weighted by atomic mass is 28.3. The Bertz CT molecular complexity index is 660. The third kappa shape index (κ3) is 8.58. The zero-order chi connectivity index (χ0) is 22.9. The summed E-state index contributed by atoms with van der Waals surface area (Å²) < 4.78 is 86.3. The topological polar surface area (TPSA) is 18.5 Å². The van der Waals surface area contributed by atoms with E-state index in [-0.39, 0.29) is 5.75 Å². The molecule has 0 saturated carbocycles. The quantitative estimate of drug-likeness (QED) is 0.180. The maximum absolute atomic E-state index is 14.0. The second kappa shape index (κ2) is 12.0. The first-order valence-electron chi connectivity index (χ1n) is 11.1. The third-order valence-corrected chi connectivity index (χ3v) is 9.42. The first-order valence-corrected chi connectivity index (χ1v) is 13.6. The molecule has 1 heterocycles. The Labute approximate surface area is 181 Å². The summed E-state index contributed by atoms with van der Waals surface area (Å²) in [6.45, 7) is 0.692. The molecule has 0 aliphatic carbocycles. The summed E-state index contributed by atoms with van der Waals surface area (Å²) >= 11 is 0. The maximum atomic E-state index is 14.0. The SMILES string of the molecule is CCCCCCC[Si@H]1CC[C@H](COc2ccc(OCC(F)(F)C(F)(F)F)c(F)c2)CC1. The van der Waals surface area contributed by atoms with E-state index in [1.54, 1.807) is 0 Å². The molecule has 0 radical (unpaired) electrons. The van der Waals surface area contributed by atoms with Crippen molar-refractivity contribution in [2.75, 3.05) is 13.2 Å². The second-order valence-corrected chi connectivity index (χ2v) is 11.9. The van der Waals surface area contributed by atoms with Crippen molar-refractivity contribution < 1.29 is 35.8 Å². The van der Waals surface area contributed by atoms with Gasteiger partial charge in [-0.2, -0.15) is 22.0 Å². The zero-order valence-corrected chi connectivity index (χ0v) is 19.1. The number of ether oxygens (including phenoxy) is 2. The number of halogens is 6. The number of rotatable bonds is 12. The first kappa shape index (κ1) is 25.9. The lowest BCUT2D eigenvalue weighted by molar-refractivity contribution is -0.290. The molecule has 0 amide bonds. The zero-order valence-electron chi connectivity index (χ0n) is 18.0. The van der Waals surface area contributed by atoms with Crippen LogP contribution in [0.15, 0.2) is 18.2 Å². The van der Waals surface area contributed by atoms with Crippen molar-refractivity contribution in [3.8, 4) is 11.5 Å². The standard InChI is InChI=1S/C22H32F6O2Si/c1-2-3-4-5-6-11-31-12-9-17(10-13-31)15-29-18-7-8-20(19(23)14-18)30-16-21(24,25)22(26,27)28/h7-8,14,17,31H,2-6,9-13,15-16H2,1H3/t17-,31-. The molecule has 0 spiro atoms. The van der Waals surface area contributed by atoms with Gasteiger partial charge >= 0.3 is 12.1 Å². The fourth-order valence-electron chi connectivity index (χ4n) is 3.88. The van der Waals surface area contributed by atoms with Gasteiger partial charge in [0.25, 0.3) is 0 Å². The molecular weight excluding hydrogens is 438 g/mol. The summed E-state index contributed by atoms with van der Waals surface area (Å²) in [6, 6.07) is 7.31. The molecule has 31 heavy (non-hydrogen) atoms. The van der Waals surface area contributed by atoms with Gasteiger partial charge in [0.2, 0.25) is 0 Å². The predicted molar refractivity (Wildman–Crippen MR) is 111 cm³/mol. The summed E-state index contributed by atoms with van der Waals surface area (Å²) in [7, 11) is -0.638. The fourth-order valence-corrected chi connectivity index (χ4v) is 7.49. The Kier molecular flexibility index (Phi) is 10.0. The van der Waals surface area contributed by atoms with E-state index in [0.29, 0.717) is 12.5 Å². The summed E-state index contributed by atoms with van der Waals surface area (Å²) in [4.78, 5) is 0. The van der Waals surface area contributed by atoms with Crippen LogP contribution >= 0.6 is 0 Å². The van der Waals surface area contributed by atoms with Crippen LogP contribution in [0, 0.1) is 11.7 Å². The molecule has 2 nitrogen and oxygen atoms in total. The van der Waals surface area contributed by atoms with Gasteiger partial charge in [0.15, 0.2) is 18.2 Å². The predicted octanol–water partition coefficient (Wildman–Crippen LogP) is 7.39. The molecule has 0 bridgehead atoms. The Morgan fingerprint density at radius 1 is 0.968 bits per heavy atom. The maximum Gasteiger partial charge on any atom is 0.456 e. The molecule has 178 valence electrons. The lowest BCUT2D eigenvalue weighted by Crippen LogP contribution is -2.41. The van der Waals surface area contributed by atoms with E-state index in [4.69, 9.17) is 4.74 Å². The highest BCUT2D eigenvalue weighted by Crippen LogP contribution is 2.36. The van der Waals surface area contributed by atoms with Gasteiger partial charge in [0.1, 0.15) is 5.75 Å². The van der Waals surface area contributed by atoms with Crippen LogP contribution in [0.5, 0.6) is 11.5 Å². The first-order chi connectivity index (χ1) is 14.6. The van der Waals surface area contributed by atoms with Gasteiger partial charge in [0, 0.05) is 14.9 Å². The number of hydrogen-bond donors (Lipinski definition) is 0. The van der Waals surface area contributed by atoms with Crippen LogP contribution in [0.2, 0.25) is 18.1 Å². The lowest BCUT2D eigenvalue weighted by Gasteiger charge is -2.27. The molecule has 1 saturated heterocycles. The van der Waals surface area contributed by atoms with Crippen molar-refractivity contribution >= 4 is 8.80 Å². The van der Waals surface area contributed by atoms with Crippen LogP contribution in [-0.2, 0) is 0 Å². The van der Waals surface area contributed by atoms with Gasteiger partial charge < -0.3 is 9.47 Å². The average Bonchev–Trinajstić information content (AvgIpc) is 2.71. The van der Waals surface area contributed by atoms with Gasteiger partial charge in [-0.05, 0) is 30.9 Å². The number of unbranched alkanes of at least 4 members (excludes halogenated alkanes) is 4. The van der Waals surface area contributed by atoms with Crippen LogP contribution in [0.25, 0.3) is 0 Å². The normalized spacial score (nSPS) is 20.0. The molecule has 1 aromatic rings. The van der Waals surface area contributed by atoms with E-state index in [1.165, 1.54) is 56.3 Å². The summed E-state index contributed by atoms with van der Waals surface area (Å²) in [6.07, 6.45) is 3.08. The van der Waals surface area contributed by atoms with Crippen LogP contribution in [0.1, 0.15) is 51.9 Å². The van der Waals surface area contributed by atoms with Gasteiger partial charge in [0.05, 0.1) is 6.61 Å². The molecule has 0 unspecified atom stereocenters. The lowest BCUT2D eigenvalue weighted by atomic mass is 10.0. The Morgan fingerprint density at radius 2 is 1.65 bits per heavy atom. The van der Waals surface area contributed by atoms with E-state index >= 15 is 0 Å². The molecule has 9 heteroatoms. The van der Waals surface area contributed by atoms with E-state index in [9.17, 15) is 26.3 Å². The molecule has 1 aromatic carbocycles. The molecule has 2 rings (SSSR count). The minimum atomic E-state index is -5.75. The number of benzene rings is 1.